The van der Waals surface area contributed by atoms with Crippen LogP contribution in [0.15, 0.2) is 83.8 Å². The number of methoxy groups -OCH3 is 2. The second-order valence-corrected chi connectivity index (χ2v) is 9.66. The predicted molar refractivity (Wildman–Crippen MR) is 133 cm³/mol. The molecule has 0 spiro atoms. The van der Waals surface area contributed by atoms with Gasteiger partial charge in [0, 0.05) is 12.2 Å². The van der Waals surface area contributed by atoms with Crippen LogP contribution in [0.25, 0.3) is 0 Å². The second kappa shape index (κ2) is 12.1. The fourth-order valence-corrected chi connectivity index (χ4v) is 4.87. The fourth-order valence-electron chi connectivity index (χ4n) is 3.46. The van der Waals surface area contributed by atoms with Crippen molar-refractivity contribution in [2.45, 2.75) is 11.3 Å². The van der Waals surface area contributed by atoms with Crippen LogP contribution in [-0.2, 0) is 30.7 Å². The Kier molecular flexibility index (Phi) is 8.93. The zero-order valence-electron chi connectivity index (χ0n) is 19.8. The average molecular weight is 511 g/mol. The third kappa shape index (κ3) is 6.77. The van der Waals surface area contributed by atoms with E-state index in [9.17, 15) is 22.8 Å². The Morgan fingerprint density at radius 2 is 1.33 bits per heavy atom. The average Bonchev–Trinajstić information content (AvgIpc) is 2.90. The topological polar surface area (TPSA) is 119 Å². The van der Waals surface area contributed by atoms with Gasteiger partial charge in [-0.25, -0.2) is 18.0 Å². The fraction of sp³-hybridized carbons (Fsp3) is 0.192. The van der Waals surface area contributed by atoms with E-state index in [-0.39, 0.29) is 28.3 Å². The summed E-state index contributed by atoms with van der Waals surface area (Å²) >= 11 is 0. The molecule has 0 aliphatic heterocycles. The number of nitrogens with zero attached hydrogens (tertiary/aromatic N) is 1. The van der Waals surface area contributed by atoms with Crippen LogP contribution < -0.4 is 5.32 Å². The molecule has 36 heavy (non-hydrogen) atoms. The maximum Gasteiger partial charge on any atom is 0.337 e. The molecular formula is C26H26N2O7S. The van der Waals surface area contributed by atoms with E-state index in [0.29, 0.717) is 6.42 Å². The molecule has 3 aromatic rings. The van der Waals surface area contributed by atoms with Gasteiger partial charge in [-0.15, -0.1) is 0 Å². The van der Waals surface area contributed by atoms with Crippen molar-refractivity contribution in [3.63, 3.8) is 0 Å². The third-order valence-electron chi connectivity index (χ3n) is 5.25. The number of ether oxygens (including phenoxy) is 2. The summed E-state index contributed by atoms with van der Waals surface area (Å²) in [4.78, 5) is 37.1. The van der Waals surface area contributed by atoms with Crippen molar-refractivity contribution in [1.29, 1.82) is 0 Å². The molecule has 1 amide bonds. The number of sulfonamides is 1. The number of hydrogen-bond donors (Lipinski definition) is 1. The lowest BCUT2D eigenvalue weighted by atomic mass is 10.1. The number of hydrogen-bond acceptors (Lipinski definition) is 7. The molecular weight excluding hydrogens is 484 g/mol. The van der Waals surface area contributed by atoms with Crippen LogP contribution in [0.3, 0.4) is 0 Å². The quantitative estimate of drug-likeness (QED) is 0.416. The molecule has 0 fully saturated rings. The highest BCUT2D eigenvalue weighted by atomic mass is 32.2. The first kappa shape index (κ1) is 26.6. The van der Waals surface area contributed by atoms with Crippen LogP contribution in [0, 0.1) is 0 Å². The van der Waals surface area contributed by atoms with Crippen LogP contribution in [-0.4, -0.2) is 57.9 Å². The van der Waals surface area contributed by atoms with Gasteiger partial charge >= 0.3 is 11.9 Å². The van der Waals surface area contributed by atoms with Gasteiger partial charge in [0.05, 0.1) is 36.8 Å². The number of rotatable bonds is 10. The van der Waals surface area contributed by atoms with E-state index >= 15 is 0 Å². The lowest BCUT2D eigenvalue weighted by Gasteiger charge is -2.22. The number of anilines is 1. The lowest BCUT2D eigenvalue weighted by molar-refractivity contribution is -0.116. The Labute approximate surface area is 209 Å². The number of amides is 1. The summed E-state index contributed by atoms with van der Waals surface area (Å²) in [6.45, 7) is -0.426. The van der Waals surface area contributed by atoms with Gasteiger partial charge in [-0.2, -0.15) is 4.31 Å². The monoisotopic (exact) mass is 510 g/mol. The lowest BCUT2D eigenvalue weighted by Crippen LogP contribution is -2.39. The molecule has 3 rings (SSSR count). The Morgan fingerprint density at radius 3 is 1.86 bits per heavy atom. The molecule has 188 valence electrons. The third-order valence-corrected chi connectivity index (χ3v) is 7.11. The molecule has 0 bridgehead atoms. The smallest absolute Gasteiger partial charge is 0.337 e. The maximum atomic E-state index is 13.3. The van der Waals surface area contributed by atoms with Gasteiger partial charge in [0.15, 0.2) is 0 Å². The first-order valence-corrected chi connectivity index (χ1v) is 12.4. The van der Waals surface area contributed by atoms with Crippen molar-refractivity contribution in [2.24, 2.45) is 0 Å². The number of benzene rings is 3. The van der Waals surface area contributed by atoms with Gasteiger partial charge < -0.3 is 14.8 Å². The SMILES string of the molecule is COC(=O)c1cc(NC(=O)CN(CCc2ccccc2)S(=O)(=O)c2ccccc2)cc(C(=O)OC)c1. The molecule has 10 heteroatoms. The minimum atomic E-state index is -3.99. The van der Waals surface area contributed by atoms with E-state index in [0.717, 1.165) is 9.87 Å². The summed E-state index contributed by atoms with van der Waals surface area (Å²) in [5.74, 6) is -2.08. The first-order chi connectivity index (χ1) is 17.2. The minimum absolute atomic E-state index is 0.0218. The molecule has 1 N–H and O–H groups in total. The molecule has 0 aliphatic rings. The van der Waals surface area contributed by atoms with Gasteiger partial charge in [-0.1, -0.05) is 48.5 Å². The number of carbonyl (C=O) groups excluding carboxylic acids is 3. The Morgan fingerprint density at radius 1 is 0.806 bits per heavy atom. The molecule has 0 aromatic heterocycles. The summed E-state index contributed by atoms with van der Waals surface area (Å²) in [6.07, 6.45) is 0.393. The van der Waals surface area contributed by atoms with E-state index in [1.54, 1.807) is 18.2 Å². The summed E-state index contributed by atoms with van der Waals surface area (Å²) in [6, 6.07) is 21.1. The molecule has 9 nitrogen and oxygen atoms in total. The molecule has 0 unspecified atom stereocenters. The number of carbonyl (C=O) groups is 3. The Hall–Kier alpha value is -4.02. The van der Waals surface area contributed by atoms with Crippen molar-refractivity contribution >= 4 is 33.6 Å². The summed E-state index contributed by atoms with van der Waals surface area (Å²) in [5, 5.41) is 2.57. The van der Waals surface area contributed by atoms with Crippen LogP contribution in [0.4, 0.5) is 5.69 Å². The minimum Gasteiger partial charge on any atom is -0.465 e. The standard InChI is InChI=1S/C26H26N2O7S/c1-34-25(30)20-15-21(26(31)35-2)17-22(16-20)27-24(29)18-28(14-13-19-9-5-3-6-10-19)36(32,33)23-11-7-4-8-12-23/h3-12,15-17H,13-14,18H2,1-2H3,(H,27,29). The van der Waals surface area contributed by atoms with E-state index in [1.165, 1.54) is 44.6 Å². The highest BCUT2D eigenvalue weighted by Crippen LogP contribution is 2.19. The summed E-state index contributed by atoms with van der Waals surface area (Å²) in [7, 11) is -1.62. The highest BCUT2D eigenvalue weighted by Gasteiger charge is 2.26. The van der Waals surface area contributed by atoms with Crippen molar-refractivity contribution < 1.29 is 32.3 Å². The van der Waals surface area contributed by atoms with Crippen LogP contribution >= 0.6 is 0 Å². The van der Waals surface area contributed by atoms with Gasteiger partial charge in [-0.05, 0) is 42.3 Å². The van der Waals surface area contributed by atoms with Crippen LogP contribution in [0.1, 0.15) is 26.3 Å². The predicted octanol–water partition coefficient (Wildman–Crippen LogP) is 3.13. The molecule has 3 aromatic carbocycles. The zero-order chi connectivity index (χ0) is 26.1. The van der Waals surface area contributed by atoms with Gasteiger partial charge in [0.1, 0.15) is 0 Å². The largest absolute Gasteiger partial charge is 0.465 e. The van der Waals surface area contributed by atoms with E-state index in [4.69, 9.17) is 9.47 Å². The van der Waals surface area contributed by atoms with Gasteiger partial charge in [0.2, 0.25) is 15.9 Å². The Bertz CT molecular complexity index is 1290. The molecule has 0 saturated heterocycles. The first-order valence-electron chi connectivity index (χ1n) is 11.0. The number of nitrogens with one attached hydrogen (secondary N) is 1. The van der Waals surface area contributed by atoms with E-state index < -0.39 is 34.4 Å². The van der Waals surface area contributed by atoms with Crippen molar-refractivity contribution in [2.75, 3.05) is 32.6 Å². The molecule has 0 atom stereocenters. The summed E-state index contributed by atoms with van der Waals surface area (Å²) < 4.78 is 37.2. The number of esters is 2. The van der Waals surface area contributed by atoms with Crippen LogP contribution in [0.2, 0.25) is 0 Å². The normalized spacial score (nSPS) is 11.1. The molecule has 0 radical (unpaired) electrons. The Balaban J connectivity index is 1.86. The van der Waals surface area contributed by atoms with E-state index in [1.807, 2.05) is 30.3 Å². The van der Waals surface area contributed by atoms with Crippen LogP contribution in [0.5, 0.6) is 0 Å². The second-order valence-electron chi connectivity index (χ2n) is 7.72. The van der Waals surface area contributed by atoms with Crippen molar-refractivity contribution in [3.05, 3.63) is 95.6 Å². The van der Waals surface area contributed by atoms with E-state index in [2.05, 4.69) is 5.32 Å². The molecule has 0 aliphatic carbocycles. The van der Waals surface area contributed by atoms with Crippen molar-refractivity contribution in [3.8, 4) is 0 Å². The molecule has 0 heterocycles. The maximum absolute atomic E-state index is 13.3. The van der Waals surface area contributed by atoms with Crippen molar-refractivity contribution in [1.82, 2.24) is 4.31 Å². The van der Waals surface area contributed by atoms with Gasteiger partial charge in [0.25, 0.3) is 0 Å². The van der Waals surface area contributed by atoms with Gasteiger partial charge in [-0.3, -0.25) is 4.79 Å². The summed E-state index contributed by atoms with van der Waals surface area (Å²) in [5.41, 5.74) is 1.07. The zero-order valence-corrected chi connectivity index (χ0v) is 20.7. The highest BCUT2D eigenvalue weighted by molar-refractivity contribution is 7.89. The molecule has 0 saturated carbocycles.